The summed E-state index contributed by atoms with van der Waals surface area (Å²) in [5, 5.41) is 11.4. The van der Waals surface area contributed by atoms with E-state index < -0.39 is 6.10 Å². The summed E-state index contributed by atoms with van der Waals surface area (Å²) in [6.07, 6.45) is 4.48. The Morgan fingerprint density at radius 3 is 2.72 bits per heavy atom. The Labute approximate surface area is 105 Å². The topological polar surface area (TPSA) is 50.9 Å². The number of hydrogen-bond donors (Lipinski definition) is 1. The Morgan fingerprint density at radius 1 is 1.11 bits per heavy atom. The van der Waals surface area contributed by atoms with Gasteiger partial charge in [-0.1, -0.05) is 18.2 Å². The zero-order chi connectivity index (χ0) is 12.5. The second-order valence-electron chi connectivity index (χ2n) is 4.22. The second kappa shape index (κ2) is 4.23. The van der Waals surface area contributed by atoms with Crippen LogP contribution in [0.15, 0.2) is 48.9 Å². The first kappa shape index (κ1) is 10.9. The summed E-state index contributed by atoms with van der Waals surface area (Å²) in [6, 6.07) is 9.61. The standard InChI is InChI=1S/C14H13N3O/c1-17-9-8-16-14(17)13(18)11-6-7-15-12-5-3-2-4-10(11)12/h2-9,13,18H,1H3. The molecule has 4 nitrogen and oxygen atoms in total. The lowest BCUT2D eigenvalue weighted by atomic mass is 10.0. The molecule has 0 bridgehead atoms. The highest BCUT2D eigenvalue weighted by Gasteiger charge is 2.17. The van der Waals surface area contributed by atoms with E-state index >= 15 is 0 Å². The van der Waals surface area contributed by atoms with Crippen LogP contribution in [0.3, 0.4) is 0 Å². The number of para-hydroxylation sites is 1. The van der Waals surface area contributed by atoms with Gasteiger partial charge in [0.15, 0.2) is 0 Å². The van der Waals surface area contributed by atoms with E-state index in [1.165, 1.54) is 0 Å². The maximum Gasteiger partial charge on any atom is 0.142 e. The molecule has 3 rings (SSSR count). The van der Waals surface area contributed by atoms with E-state index in [-0.39, 0.29) is 0 Å². The molecule has 0 fully saturated rings. The highest BCUT2D eigenvalue weighted by atomic mass is 16.3. The van der Waals surface area contributed by atoms with E-state index in [0.29, 0.717) is 5.82 Å². The Bertz CT molecular complexity index is 685. The molecule has 1 atom stereocenters. The highest BCUT2D eigenvalue weighted by Crippen LogP contribution is 2.26. The molecule has 0 amide bonds. The van der Waals surface area contributed by atoms with E-state index in [1.807, 2.05) is 48.1 Å². The van der Waals surface area contributed by atoms with Crippen molar-refractivity contribution in [3.05, 3.63) is 60.3 Å². The van der Waals surface area contributed by atoms with Gasteiger partial charge in [-0.15, -0.1) is 0 Å². The summed E-state index contributed by atoms with van der Waals surface area (Å²) in [4.78, 5) is 8.48. The van der Waals surface area contributed by atoms with Crippen LogP contribution in [0.1, 0.15) is 17.5 Å². The molecule has 2 heterocycles. The summed E-state index contributed by atoms with van der Waals surface area (Å²) >= 11 is 0. The number of aliphatic hydroxyl groups excluding tert-OH is 1. The summed E-state index contributed by atoms with van der Waals surface area (Å²) in [7, 11) is 1.87. The summed E-state index contributed by atoms with van der Waals surface area (Å²) in [5.74, 6) is 0.631. The molecule has 3 aromatic rings. The minimum Gasteiger partial charge on any atom is -0.380 e. The van der Waals surface area contributed by atoms with Crippen LogP contribution in [0, 0.1) is 0 Å². The van der Waals surface area contributed by atoms with Crippen molar-refractivity contribution in [2.75, 3.05) is 0 Å². The second-order valence-corrected chi connectivity index (χ2v) is 4.22. The number of aromatic nitrogens is 3. The molecule has 0 aliphatic carbocycles. The number of pyridine rings is 1. The van der Waals surface area contributed by atoms with Crippen LogP contribution in [-0.4, -0.2) is 19.6 Å². The fraction of sp³-hybridized carbons (Fsp3) is 0.143. The minimum atomic E-state index is -0.738. The number of benzene rings is 1. The highest BCUT2D eigenvalue weighted by molar-refractivity contribution is 5.82. The lowest BCUT2D eigenvalue weighted by Crippen LogP contribution is -2.07. The van der Waals surface area contributed by atoms with E-state index in [9.17, 15) is 5.11 Å². The molecule has 4 heteroatoms. The average Bonchev–Trinajstić information content (AvgIpc) is 2.83. The summed E-state index contributed by atoms with van der Waals surface area (Å²) in [5.41, 5.74) is 1.71. The molecule has 18 heavy (non-hydrogen) atoms. The molecule has 0 saturated carbocycles. The van der Waals surface area contributed by atoms with Gasteiger partial charge in [0.2, 0.25) is 0 Å². The predicted molar refractivity (Wildman–Crippen MR) is 69.0 cm³/mol. The fourth-order valence-corrected chi connectivity index (χ4v) is 2.14. The van der Waals surface area contributed by atoms with Crippen molar-refractivity contribution in [2.24, 2.45) is 7.05 Å². The number of aliphatic hydroxyl groups is 1. The van der Waals surface area contributed by atoms with Gasteiger partial charge in [0.1, 0.15) is 11.9 Å². The lowest BCUT2D eigenvalue weighted by Gasteiger charge is -2.13. The van der Waals surface area contributed by atoms with Gasteiger partial charge < -0.3 is 9.67 Å². The van der Waals surface area contributed by atoms with E-state index in [4.69, 9.17) is 0 Å². The third-order valence-electron chi connectivity index (χ3n) is 3.08. The molecule has 0 radical (unpaired) electrons. The third-order valence-corrected chi connectivity index (χ3v) is 3.08. The minimum absolute atomic E-state index is 0.631. The lowest BCUT2D eigenvalue weighted by molar-refractivity contribution is 0.207. The first-order valence-electron chi connectivity index (χ1n) is 5.76. The van der Waals surface area contributed by atoms with Crippen molar-refractivity contribution in [1.29, 1.82) is 0 Å². The number of rotatable bonds is 2. The van der Waals surface area contributed by atoms with Crippen LogP contribution in [0.4, 0.5) is 0 Å². The Morgan fingerprint density at radius 2 is 1.94 bits per heavy atom. The van der Waals surface area contributed by atoms with Gasteiger partial charge in [-0.05, 0) is 17.7 Å². The predicted octanol–water partition coefficient (Wildman–Crippen LogP) is 2.05. The van der Waals surface area contributed by atoms with Gasteiger partial charge in [-0.25, -0.2) is 4.98 Å². The Hall–Kier alpha value is -2.20. The zero-order valence-corrected chi connectivity index (χ0v) is 9.99. The van der Waals surface area contributed by atoms with Crippen molar-refractivity contribution >= 4 is 10.9 Å². The molecule has 0 aliphatic rings. The van der Waals surface area contributed by atoms with Gasteiger partial charge in [0.25, 0.3) is 0 Å². The third kappa shape index (κ3) is 1.67. The molecular weight excluding hydrogens is 226 g/mol. The first-order valence-corrected chi connectivity index (χ1v) is 5.76. The van der Waals surface area contributed by atoms with Crippen molar-refractivity contribution < 1.29 is 5.11 Å². The number of fused-ring (bicyclic) bond motifs is 1. The number of nitrogens with zero attached hydrogens (tertiary/aromatic N) is 3. The van der Waals surface area contributed by atoms with Gasteiger partial charge >= 0.3 is 0 Å². The summed E-state index contributed by atoms with van der Waals surface area (Å²) < 4.78 is 1.82. The molecule has 1 N–H and O–H groups in total. The number of imidazole rings is 1. The normalized spacial score (nSPS) is 12.8. The molecule has 90 valence electrons. The fourth-order valence-electron chi connectivity index (χ4n) is 2.14. The molecular formula is C14H13N3O. The molecule has 1 unspecified atom stereocenters. The molecule has 1 aromatic carbocycles. The van der Waals surface area contributed by atoms with E-state index in [2.05, 4.69) is 9.97 Å². The zero-order valence-electron chi connectivity index (χ0n) is 9.99. The van der Waals surface area contributed by atoms with Gasteiger partial charge in [-0.3, -0.25) is 4.98 Å². The summed E-state index contributed by atoms with van der Waals surface area (Å²) in [6.45, 7) is 0. The molecule has 0 spiro atoms. The van der Waals surface area contributed by atoms with Crippen molar-refractivity contribution in [3.63, 3.8) is 0 Å². The Balaban J connectivity index is 2.18. The number of aryl methyl sites for hydroxylation is 1. The van der Waals surface area contributed by atoms with Gasteiger partial charge in [0.05, 0.1) is 5.52 Å². The molecule has 0 saturated heterocycles. The monoisotopic (exact) mass is 239 g/mol. The molecule has 0 aliphatic heterocycles. The maximum absolute atomic E-state index is 10.4. The SMILES string of the molecule is Cn1ccnc1C(O)c1ccnc2ccccc12. The van der Waals surface area contributed by atoms with Crippen LogP contribution in [0.5, 0.6) is 0 Å². The van der Waals surface area contributed by atoms with Crippen LogP contribution in [-0.2, 0) is 7.05 Å². The van der Waals surface area contributed by atoms with Crippen LogP contribution >= 0.6 is 0 Å². The van der Waals surface area contributed by atoms with Crippen LogP contribution in [0.2, 0.25) is 0 Å². The van der Waals surface area contributed by atoms with E-state index in [0.717, 1.165) is 16.5 Å². The largest absolute Gasteiger partial charge is 0.380 e. The number of hydrogen-bond acceptors (Lipinski definition) is 3. The quantitative estimate of drug-likeness (QED) is 0.744. The maximum atomic E-state index is 10.4. The van der Waals surface area contributed by atoms with Crippen LogP contribution < -0.4 is 0 Å². The smallest absolute Gasteiger partial charge is 0.142 e. The van der Waals surface area contributed by atoms with Crippen molar-refractivity contribution in [1.82, 2.24) is 14.5 Å². The van der Waals surface area contributed by atoms with Gasteiger partial charge in [0, 0.05) is 31.0 Å². The van der Waals surface area contributed by atoms with Crippen LogP contribution in [0.25, 0.3) is 10.9 Å². The first-order chi connectivity index (χ1) is 8.77. The van der Waals surface area contributed by atoms with Gasteiger partial charge in [-0.2, -0.15) is 0 Å². The van der Waals surface area contributed by atoms with E-state index in [1.54, 1.807) is 12.4 Å². The Kier molecular flexibility index (Phi) is 2.57. The van der Waals surface area contributed by atoms with Crippen molar-refractivity contribution in [3.8, 4) is 0 Å². The molecule has 2 aromatic heterocycles. The average molecular weight is 239 g/mol. The van der Waals surface area contributed by atoms with Crippen molar-refractivity contribution in [2.45, 2.75) is 6.10 Å².